The molecule has 1 heterocycles. The molecule has 7 nitrogen and oxygen atoms in total. The van der Waals surface area contributed by atoms with E-state index in [0.29, 0.717) is 18.5 Å². The third-order valence-corrected chi connectivity index (χ3v) is 8.00. The lowest BCUT2D eigenvalue weighted by atomic mass is 9.88. The lowest BCUT2D eigenvalue weighted by Gasteiger charge is -2.33. The summed E-state index contributed by atoms with van der Waals surface area (Å²) in [6.45, 7) is 0.692. The zero-order chi connectivity index (χ0) is 20.1. The number of benzene rings is 1. The second kappa shape index (κ2) is 9.47. The molecule has 1 aromatic rings. The van der Waals surface area contributed by atoms with Crippen molar-refractivity contribution >= 4 is 27.0 Å². The van der Waals surface area contributed by atoms with Gasteiger partial charge in [0, 0.05) is 30.8 Å². The summed E-state index contributed by atoms with van der Waals surface area (Å²) in [7, 11) is -3.67. The fourth-order valence-corrected chi connectivity index (χ4v) is 5.99. The number of carbonyl (C=O) groups is 1. The van der Waals surface area contributed by atoms with Crippen LogP contribution in [-0.4, -0.2) is 46.5 Å². The normalized spacial score (nSPS) is 23.2. The molecule has 1 aromatic carbocycles. The van der Waals surface area contributed by atoms with Crippen molar-refractivity contribution in [3.05, 3.63) is 29.8 Å². The Kier molecular flexibility index (Phi) is 7.25. The van der Waals surface area contributed by atoms with Gasteiger partial charge in [-0.1, -0.05) is 42.5 Å². The lowest BCUT2D eigenvalue weighted by molar-refractivity contribution is -0.126. The SMILES string of the molecule is O=C(N[C@H]1CCCN(S(=O)(=O)c2ccc(CS(=O)[O-])cc2)C1)C1CCCCC1. The fraction of sp³-hybridized carbons (Fsp3) is 0.632. The molecule has 1 amide bonds. The Morgan fingerprint density at radius 3 is 2.43 bits per heavy atom. The summed E-state index contributed by atoms with van der Waals surface area (Å²) in [6, 6.07) is 5.77. The molecule has 2 atom stereocenters. The van der Waals surface area contributed by atoms with Gasteiger partial charge in [0.15, 0.2) is 0 Å². The van der Waals surface area contributed by atoms with Crippen LogP contribution in [0.15, 0.2) is 29.2 Å². The van der Waals surface area contributed by atoms with E-state index in [4.69, 9.17) is 0 Å². The van der Waals surface area contributed by atoms with Gasteiger partial charge in [-0.2, -0.15) is 4.31 Å². The Labute approximate surface area is 169 Å². The van der Waals surface area contributed by atoms with Crippen LogP contribution in [0, 0.1) is 5.92 Å². The van der Waals surface area contributed by atoms with Gasteiger partial charge in [-0.15, -0.1) is 0 Å². The molecule has 3 rings (SSSR count). The number of hydrogen-bond acceptors (Lipinski definition) is 5. The van der Waals surface area contributed by atoms with Crippen molar-refractivity contribution in [3.63, 3.8) is 0 Å². The summed E-state index contributed by atoms with van der Waals surface area (Å²) < 4.78 is 48.9. The van der Waals surface area contributed by atoms with E-state index >= 15 is 0 Å². The summed E-state index contributed by atoms with van der Waals surface area (Å²) in [5.74, 6) is -0.0296. The molecule has 2 fully saturated rings. The van der Waals surface area contributed by atoms with Crippen LogP contribution in [0.5, 0.6) is 0 Å². The monoisotopic (exact) mass is 427 g/mol. The molecule has 1 aliphatic carbocycles. The van der Waals surface area contributed by atoms with E-state index in [1.807, 2.05) is 0 Å². The largest absolute Gasteiger partial charge is 0.772 e. The predicted molar refractivity (Wildman–Crippen MR) is 106 cm³/mol. The number of amides is 1. The van der Waals surface area contributed by atoms with Gasteiger partial charge in [-0.3, -0.25) is 9.00 Å². The zero-order valence-corrected chi connectivity index (χ0v) is 17.5. The molecule has 156 valence electrons. The van der Waals surface area contributed by atoms with E-state index in [2.05, 4.69) is 5.32 Å². The molecule has 1 saturated heterocycles. The first-order valence-corrected chi connectivity index (χ1v) is 12.5. The number of nitrogens with zero attached hydrogens (tertiary/aromatic N) is 1. The summed E-state index contributed by atoms with van der Waals surface area (Å²) >= 11 is -2.21. The van der Waals surface area contributed by atoms with Gasteiger partial charge < -0.3 is 9.87 Å². The van der Waals surface area contributed by atoms with E-state index in [9.17, 15) is 22.0 Å². The molecule has 0 spiro atoms. The van der Waals surface area contributed by atoms with E-state index in [1.54, 1.807) is 0 Å². The van der Waals surface area contributed by atoms with Crippen molar-refractivity contribution in [2.45, 2.75) is 61.6 Å². The summed E-state index contributed by atoms with van der Waals surface area (Å²) in [5, 5.41) is 3.06. The zero-order valence-electron chi connectivity index (χ0n) is 15.8. The van der Waals surface area contributed by atoms with Crippen LogP contribution < -0.4 is 5.32 Å². The molecule has 1 unspecified atom stereocenters. The van der Waals surface area contributed by atoms with Crippen molar-refractivity contribution in [3.8, 4) is 0 Å². The molecule has 1 aliphatic heterocycles. The smallest absolute Gasteiger partial charge is 0.243 e. The van der Waals surface area contributed by atoms with Crippen molar-refractivity contribution in [2.75, 3.05) is 13.1 Å². The van der Waals surface area contributed by atoms with Gasteiger partial charge in [0.25, 0.3) is 0 Å². The highest BCUT2D eigenvalue weighted by Gasteiger charge is 2.32. The number of carbonyl (C=O) groups excluding carboxylic acids is 1. The Bertz CT molecular complexity index is 804. The van der Waals surface area contributed by atoms with E-state index in [0.717, 1.165) is 32.1 Å². The third-order valence-electron chi connectivity index (χ3n) is 5.55. The van der Waals surface area contributed by atoms with Crippen LogP contribution in [0.1, 0.15) is 50.5 Å². The molecule has 2 aliphatic rings. The van der Waals surface area contributed by atoms with Crippen molar-refractivity contribution < 1.29 is 22.0 Å². The lowest BCUT2D eigenvalue weighted by Crippen LogP contribution is -2.50. The first kappa shape index (κ1) is 21.4. The van der Waals surface area contributed by atoms with Gasteiger partial charge in [0.1, 0.15) is 0 Å². The molecule has 28 heavy (non-hydrogen) atoms. The second-order valence-electron chi connectivity index (χ2n) is 7.64. The number of rotatable bonds is 6. The summed E-state index contributed by atoms with van der Waals surface area (Å²) in [4.78, 5) is 12.6. The predicted octanol–water partition coefficient (Wildman–Crippen LogP) is 1.92. The maximum Gasteiger partial charge on any atom is 0.243 e. The fourth-order valence-electron chi connectivity index (χ4n) is 4.01. The highest BCUT2D eigenvalue weighted by Crippen LogP contribution is 2.25. The van der Waals surface area contributed by atoms with Gasteiger partial charge in [-0.25, -0.2) is 8.42 Å². The maximum atomic E-state index is 12.9. The van der Waals surface area contributed by atoms with Crippen LogP contribution in [0.3, 0.4) is 0 Å². The number of sulfonamides is 1. The molecular weight excluding hydrogens is 400 g/mol. The quantitative estimate of drug-likeness (QED) is 0.698. The third kappa shape index (κ3) is 5.40. The first-order valence-electron chi connectivity index (χ1n) is 9.81. The van der Waals surface area contributed by atoms with Crippen LogP contribution in [-0.2, 0) is 31.7 Å². The minimum Gasteiger partial charge on any atom is -0.772 e. The Morgan fingerprint density at radius 1 is 1.11 bits per heavy atom. The van der Waals surface area contributed by atoms with E-state index < -0.39 is 21.1 Å². The van der Waals surface area contributed by atoms with Gasteiger partial charge in [0.2, 0.25) is 15.9 Å². The average molecular weight is 428 g/mol. The Balaban J connectivity index is 1.63. The van der Waals surface area contributed by atoms with Gasteiger partial charge >= 0.3 is 0 Å². The molecular formula is C19H27N2O5S2-. The van der Waals surface area contributed by atoms with Crippen molar-refractivity contribution in [1.82, 2.24) is 9.62 Å². The minimum atomic E-state index is -3.67. The molecule has 1 saturated carbocycles. The van der Waals surface area contributed by atoms with Gasteiger partial charge in [-0.05, 0) is 43.4 Å². The van der Waals surface area contributed by atoms with E-state index in [-0.39, 0.29) is 35.1 Å². The van der Waals surface area contributed by atoms with Crippen molar-refractivity contribution in [1.29, 1.82) is 0 Å². The van der Waals surface area contributed by atoms with Crippen LogP contribution >= 0.6 is 0 Å². The number of piperidine rings is 1. The van der Waals surface area contributed by atoms with Crippen LogP contribution in [0.4, 0.5) is 0 Å². The molecule has 0 bridgehead atoms. The first-order chi connectivity index (χ1) is 13.4. The highest BCUT2D eigenvalue weighted by molar-refractivity contribution is 7.89. The average Bonchev–Trinajstić information content (AvgIpc) is 2.69. The summed E-state index contributed by atoms with van der Waals surface area (Å²) in [6.07, 6.45) is 6.66. The molecule has 0 radical (unpaired) electrons. The standard InChI is InChI=1S/C19H28N2O5S2/c22-19(16-5-2-1-3-6-16)20-17-7-4-12-21(13-17)28(25,26)18-10-8-15(9-11-18)14-27(23)24/h8-11,16-17H,1-7,12-14H2,(H,20,22)(H,23,24)/p-1/t17-/m0/s1. The summed E-state index contributed by atoms with van der Waals surface area (Å²) in [5.41, 5.74) is 0.545. The van der Waals surface area contributed by atoms with Crippen LogP contribution in [0.25, 0.3) is 0 Å². The molecule has 0 aromatic heterocycles. The minimum absolute atomic E-state index is 0.0546. The van der Waals surface area contributed by atoms with Crippen molar-refractivity contribution in [2.24, 2.45) is 5.92 Å². The number of hydrogen-bond donors (Lipinski definition) is 1. The van der Waals surface area contributed by atoms with Gasteiger partial charge in [0.05, 0.1) is 4.90 Å². The van der Waals surface area contributed by atoms with Crippen LogP contribution in [0.2, 0.25) is 0 Å². The number of nitrogens with one attached hydrogen (secondary N) is 1. The maximum absolute atomic E-state index is 12.9. The second-order valence-corrected chi connectivity index (χ2v) is 10.5. The highest BCUT2D eigenvalue weighted by atomic mass is 32.2. The Hall–Kier alpha value is -1.29. The Morgan fingerprint density at radius 2 is 1.79 bits per heavy atom. The van der Waals surface area contributed by atoms with E-state index in [1.165, 1.54) is 35.0 Å². The topological polar surface area (TPSA) is 107 Å². The molecule has 1 N–H and O–H groups in total. The molecule has 9 heteroatoms.